The maximum absolute atomic E-state index is 11.8. The van der Waals surface area contributed by atoms with E-state index >= 15 is 0 Å². The molecule has 1 amide bonds. The maximum atomic E-state index is 11.8. The molecule has 108 valence electrons. The van der Waals surface area contributed by atoms with E-state index in [9.17, 15) is 4.79 Å². The number of carbonyl (C=O) groups is 1. The van der Waals surface area contributed by atoms with Gasteiger partial charge in [0, 0.05) is 5.69 Å². The lowest BCUT2D eigenvalue weighted by molar-refractivity contribution is 0.137. The average Bonchev–Trinajstić information content (AvgIpc) is 2.49. The van der Waals surface area contributed by atoms with Gasteiger partial charge in [-0.1, -0.05) is 54.6 Å². The van der Waals surface area contributed by atoms with Crippen molar-refractivity contribution in [2.75, 3.05) is 5.32 Å². The van der Waals surface area contributed by atoms with Crippen molar-refractivity contribution >= 4 is 17.9 Å². The van der Waals surface area contributed by atoms with Gasteiger partial charge >= 0.3 is 6.09 Å². The van der Waals surface area contributed by atoms with Gasteiger partial charge in [-0.15, -0.1) is 0 Å². The zero-order valence-corrected chi connectivity index (χ0v) is 12.2. The number of benzene rings is 2. The third-order valence-electron chi connectivity index (χ3n) is 3.14. The molecule has 0 aliphatic carbocycles. The molecular weight excluding hydrogens is 262 g/mol. The summed E-state index contributed by atoms with van der Waals surface area (Å²) in [5.41, 5.74) is 2.80. The highest BCUT2D eigenvalue weighted by molar-refractivity contribution is 5.84. The molecule has 0 saturated carbocycles. The van der Waals surface area contributed by atoms with E-state index in [-0.39, 0.29) is 6.10 Å². The van der Waals surface area contributed by atoms with Gasteiger partial charge in [0.25, 0.3) is 0 Å². The van der Waals surface area contributed by atoms with Crippen molar-refractivity contribution in [1.82, 2.24) is 0 Å². The third-order valence-corrected chi connectivity index (χ3v) is 3.14. The molecule has 0 aliphatic heterocycles. The number of carbonyl (C=O) groups excluding carboxylic acids is 1. The van der Waals surface area contributed by atoms with Gasteiger partial charge in [0.2, 0.25) is 0 Å². The molecule has 0 radical (unpaired) electrons. The second-order valence-corrected chi connectivity index (χ2v) is 4.84. The Morgan fingerprint density at radius 2 is 1.62 bits per heavy atom. The Labute approximate surface area is 125 Å². The molecule has 3 heteroatoms. The molecule has 0 bridgehead atoms. The Bertz CT molecular complexity index is 606. The monoisotopic (exact) mass is 281 g/mol. The predicted molar refractivity (Wildman–Crippen MR) is 86.1 cm³/mol. The molecule has 21 heavy (non-hydrogen) atoms. The van der Waals surface area contributed by atoms with Gasteiger partial charge in [-0.25, -0.2) is 4.79 Å². The lowest BCUT2D eigenvalue weighted by Gasteiger charge is -2.14. The summed E-state index contributed by atoms with van der Waals surface area (Å²) in [6, 6.07) is 19.2. The molecule has 0 aromatic heterocycles. The van der Waals surface area contributed by atoms with Crippen LogP contribution in [0.1, 0.15) is 19.4 Å². The topological polar surface area (TPSA) is 38.3 Å². The van der Waals surface area contributed by atoms with Crippen molar-refractivity contribution in [3.63, 3.8) is 0 Å². The van der Waals surface area contributed by atoms with E-state index in [0.717, 1.165) is 16.8 Å². The Balaban J connectivity index is 1.93. The van der Waals surface area contributed by atoms with E-state index in [1.54, 1.807) is 0 Å². The van der Waals surface area contributed by atoms with Gasteiger partial charge in [0.1, 0.15) is 6.10 Å². The van der Waals surface area contributed by atoms with Crippen molar-refractivity contribution in [3.8, 4) is 0 Å². The van der Waals surface area contributed by atoms with Gasteiger partial charge in [-0.3, -0.25) is 5.32 Å². The minimum absolute atomic E-state index is 0.283. The number of para-hydroxylation sites is 1. The number of anilines is 1. The number of ether oxygens (including phenoxy) is 1. The highest BCUT2D eigenvalue weighted by atomic mass is 16.6. The zero-order valence-electron chi connectivity index (χ0n) is 12.2. The Hall–Kier alpha value is -2.55. The van der Waals surface area contributed by atoms with Gasteiger partial charge in [0.05, 0.1) is 0 Å². The number of amides is 1. The average molecular weight is 281 g/mol. The van der Waals surface area contributed by atoms with Crippen LogP contribution in [-0.2, 0) is 4.74 Å². The van der Waals surface area contributed by atoms with E-state index in [2.05, 4.69) is 5.32 Å². The van der Waals surface area contributed by atoms with Crippen molar-refractivity contribution < 1.29 is 9.53 Å². The van der Waals surface area contributed by atoms with Crippen molar-refractivity contribution in [3.05, 3.63) is 71.8 Å². The number of rotatable bonds is 4. The van der Waals surface area contributed by atoms with Crippen LogP contribution < -0.4 is 5.32 Å². The van der Waals surface area contributed by atoms with Gasteiger partial charge in [-0.2, -0.15) is 0 Å². The van der Waals surface area contributed by atoms with Gasteiger partial charge in [-0.05, 0) is 37.1 Å². The van der Waals surface area contributed by atoms with E-state index in [1.807, 2.05) is 80.6 Å². The summed E-state index contributed by atoms with van der Waals surface area (Å²) in [5, 5.41) is 2.70. The first kappa shape index (κ1) is 14.9. The summed E-state index contributed by atoms with van der Waals surface area (Å²) in [5.74, 6) is 0. The lowest BCUT2D eigenvalue weighted by atomic mass is 10.1. The van der Waals surface area contributed by atoms with Crippen molar-refractivity contribution in [1.29, 1.82) is 0 Å². The zero-order chi connectivity index (χ0) is 15.1. The summed E-state index contributed by atoms with van der Waals surface area (Å²) in [4.78, 5) is 11.8. The summed E-state index contributed by atoms with van der Waals surface area (Å²) < 4.78 is 5.37. The first-order chi connectivity index (χ1) is 10.1. The molecular formula is C18H19NO2. The lowest BCUT2D eigenvalue weighted by Crippen LogP contribution is -2.20. The van der Waals surface area contributed by atoms with Crippen LogP contribution in [-0.4, -0.2) is 12.2 Å². The molecule has 0 spiro atoms. The van der Waals surface area contributed by atoms with Crippen LogP contribution in [0.3, 0.4) is 0 Å². The van der Waals surface area contributed by atoms with Crippen LogP contribution in [0.2, 0.25) is 0 Å². The number of hydrogen-bond donors (Lipinski definition) is 1. The second-order valence-electron chi connectivity index (χ2n) is 4.84. The minimum atomic E-state index is -0.450. The van der Waals surface area contributed by atoms with Crippen LogP contribution in [0.5, 0.6) is 0 Å². The normalized spacial score (nSPS) is 12.6. The van der Waals surface area contributed by atoms with E-state index in [4.69, 9.17) is 4.74 Å². The molecule has 0 unspecified atom stereocenters. The van der Waals surface area contributed by atoms with Crippen molar-refractivity contribution in [2.45, 2.75) is 20.0 Å². The van der Waals surface area contributed by atoms with Gasteiger partial charge in [0.15, 0.2) is 0 Å². The van der Waals surface area contributed by atoms with Crippen LogP contribution in [0.15, 0.2) is 66.2 Å². The Kier molecular flexibility index (Phi) is 5.16. The van der Waals surface area contributed by atoms with Crippen LogP contribution in [0.25, 0.3) is 6.08 Å². The summed E-state index contributed by atoms with van der Waals surface area (Å²) in [7, 11) is 0. The van der Waals surface area contributed by atoms with Gasteiger partial charge < -0.3 is 4.74 Å². The highest BCUT2D eigenvalue weighted by Crippen LogP contribution is 2.13. The van der Waals surface area contributed by atoms with Crippen LogP contribution >= 0.6 is 0 Å². The first-order valence-electron chi connectivity index (χ1n) is 6.91. The SMILES string of the molecule is C/C(=C\c1ccccc1)[C@@H](C)OC(=O)Nc1ccccc1. The maximum Gasteiger partial charge on any atom is 0.412 e. The first-order valence-corrected chi connectivity index (χ1v) is 6.91. The molecule has 1 N–H and O–H groups in total. The third kappa shape index (κ3) is 4.80. The molecule has 0 saturated heterocycles. The summed E-state index contributed by atoms with van der Waals surface area (Å²) in [6.07, 6.45) is 1.28. The van der Waals surface area contributed by atoms with E-state index in [0.29, 0.717) is 0 Å². The quantitative estimate of drug-likeness (QED) is 0.880. The summed E-state index contributed by atoms with van der Waals surface area (Å²) in [6.45, 7) is 3.81. The molecule has 2 rings (SSSR count). The fraction of sp³-hybridized carbons (Fsp3) is 0.167. The number of nitrogens with one attached hydrogen (secondary N) is 1. The summed E-state index contributed by atoms with van der Waals surface area (Å²) >= 11 is 0. The molecule has 0 aliphatic rings. The smallest absolute Gasteiger partial charge is 0.412 e. The Morgan fingerprint density at radius 1 is 1.05 bits per heavy atom. The molecule has 1 atom stereocenters. The van der Waals surface area contributed by atoms with E-state index in [1.165, 1.54) is 0 Å². The molecule has 2 aromatic carbocycles. The molecule has 0 heterocycles. The minimum Gasteiger partial charge on any atom is -0.442 e. The molecule has 2 aromatic rings. The largest absolute Gasteiger partial charge is 0.442 e. The van der Waals surface area contributed by atoms with E-state index < -0.39 is 6.09 Å². The number of hydrogen-bond acceptors (Lipinski definition) is 2. The van der Waals surface area contributed by atoms with Crippen molar-refractivity contribution in [2.24, 2.45) is 0 Å². The van der Waals surface area contributed by atoms with Crippen LogP contribution in [0, 0.1) is 0 Å². The predicted octanol–water partition coefficient (Wildman–Crippen LogP) is 4.73. The fourth-order valence-corrected chi connectivity index (χ4v) is 1.85. The van der Waals surface area contributed by atoms with Crippen LogP contribution in [0.4, 0.5) is 10.5 Å². The highest BCUT2D eigenvalue weighted by Gasteiger charge is 2.11. The second kappa shape index (κ2) is 7.29. The fourth-order valence-electron chi connectivity index (χ4n) is 1.85. The Morgan fingerprint density at radius 3 is 2.24 bits per heavy atom. The molecule has 3 nitrogen and oxygen atoms in total. The standard InChI is InChI=1S/C18H19NO2/c1-14(13-16-9-5-3-6-10-16)15(2)21-18(20)19-17-11-7-4-8-12-17/h3-13,15H,1-2H3,(H,19,20)/b14-13+/t15-/m1/s1. The molecule has 0 fully saturated rings.